The van der Waals surface area contributed by atoms with E-state index in [1.165, 1.54) is 23.9 Å². The zero-order valence-electron chi connectivity index (χ0n) is 10.4. The molecule has 0 aliphatic rings. The quantitative estimate of drug-likeness (QED) is 0.874. The molecule has 1 N–H and O–H groups in total. The van der Waals surface area contributed by atoms with Gasteiger partial charge in [0.1, 0.15) is 5.82 Å². The number of aromatic amines is 1. The number of aromatic nitrogens is 3. The van der Waals surface area contributed by atoms with Gasteiger partial charge in [0.15, 0.2) is 0 Å². The summed E-state index contributed by atoms with van der Waals surface area (Å²) in [5, 5.41) is 7.28. The summed E-state index contributed by atoms with van der Waals surface area (Å²) in [5.74, 6) is 1.26. The fourth-order valence-electron chi connectivity index (χ4n) is 1.56. The van der Waals surface area contributed by atoms with E-state index in [0.29, 0.717) is 22.3 Å². The molecule has 3 nitrogen and oxygen atoms in total. The van der Waals surface area contributed by atoms with Gasteiger partial charge in [0.2, 0.25) is 5.16 Å². The lowest BCUT2D eigenvalue weighted by atomic mass is 10.1. The average molecular weight is 287 g/mol. The summed E-state index contributed by atoms with van der Waals surface area (Å²) in [7, 11) is 0. The topological polar surface area (TPSA) is 41.6 Å². The van der Waals surface area contributed by atoms with Crippen LogP contribution in [0.15, 0.2) is 23.4 Å². The molecule has 0 saturated heterocycles. The van der Waals surface area contributed by atoms with E-state index in [1.54, 1.807) is 13.8 Å². The lowest BCUT2D eigenvalue weighted by molar-refractivity contribution is -0.137. The first kappa shape index (κ1) is 13.9. The molecule has 7 heteroatoms. The van der Waals surface area contributed by atoms with Crippen molar-refractivity contribution in [1.82, 2.24) is 15.2 Å². The minimum Gasteiger partial charge on any atom is -0.262 e. The van der Waals surface area contributed by atoms with Crippen molar-refractivity contribution in [3.05, 3.63) is 40.7 Å². The number of halogens is 3. The van der Waals surface area contributed by atoms with Crippen molar-refractivity contribution in [2.75, 3.05) is 0 Å². The molecule has 0 atom stereocenters. The van der Waals surface area contributed by atoms with Crippen LogP contribution in [-0.4, -0.2) is 15.2 Å². The number of nitrogens with zero attached hydrogens (tertiary/aromatic N) is 2. The van der Waals surface area contributed by atoms with Gasteiger partial charge < -0.3 is 0 Å². The second-order valence-corrected chi connectivity index (χ2v) is 5.07. The van der Waals surface area contributed by atoms with Gasteiger partial charge in [0, 0.05) is 5.75 Å². The number of hydrogen-bond acceptors (Lipinski definition) is 3. The first-order valence-corrected chi connectivity index (χ1v) is 6.53. The van der Waals surface area contributed by atoms with E-state index in [2.05, 4.69) is 15.2 Å². The van der Waals surface area contributed by atoms with Gasteiger partial charge in [-0.2, -0.15) is 13.2 Å². The Morgan fingerprint density at radius 3 is 2.53 bits per heavy atom. The van der Waals surface area contributed by atoms with Crippen molar-refractivity contribution in [1.29, 1.82) is 0 Å². The second kappa shape index (κ2) is 5.24. The van der Waals surface area contributed by atoms with E-state index in [-0.39, 0.29) is 0 Å². The number of rotatable bonds is 3. The van der Waals surface area contributed by atoms with Gasteiger partial charge in [-0.25, -0.2) is 4.98 Å². The Morgan fingerprint density at radius 2 is 2.00 bits per heavy atom. The Morgan fingerprint density at radius 1 is 1.26 bits per heavy atom. The predicted molar refractivity (Wildman–Crippen MR) is 66.9 cm³/mol. The lowest BCUT2D eigenvalue weighted by Gasteiger charge is -2.10. The molecule has 2 rings (SSSR count). The molecule has 1 aromatic heterocycles. The summed E-state index contributed by atoms with van der Waals surface area (Å²) in [6.45, 7) is 3.47. The van der Waals surface area contributed by atoms with Crippen molar-refractivity contribution in [3.8, 4) is 0 Å². The molecule has 0 fully saturated rings. The summed E-state index contributed by atoms with van der Waals surface area (Å²) in [6, 6.07) is 3.77. The summed E-state index contributed by atoms with van der Waals surface area (Å²) in [5.41, 5.74) is 0.850. The Bertz CT molecular complexity index is 578. The van der Waals surface area contributed by atoms with Crippen LogP contribution in [0.2, 0.25) is 0 Å². The van der Waals surface area contributed by atoms with Crippen LogP contribution >= 0.6 is 11.8 Å². The number of alkyl halides is 3. The highest BCUT2D eigenvalue weighted by Crippen LogP contribution is 2.31. The first-order valence-electron chi connectivity index (χ1n) is 5.55. The van der Waals surface area contributed by atoms with Crippen LogP contribution in [0, 0.1) is 13.8 Å². The van der Waals surface area contributed by atoms with Gasteiger partial charge in [-0.15, -0.1) is 5.10 Å². The van der Waals surface area contributed by atoms with E-state index >= 15 is 0 Å². The largest absolute Gasteiger partial charge is 0.416 e. The standard InChI is InChI=1S/C12H12F3N3S/c1-7-5-10(12(13,14)15)4-3-9(7)6-19-11-16-8(2)17-18-11/h3-5H,6H2,1-2H3,(H,16,17,18). The van der Waals surface area contributed by atoms with Crippen LogP contribution in [0.5, 0.6) is 0 Å². The van der Waals surface area contributed by atoms with Crippen molar-refractivity contribution in [2.45, 2.75) is 30.9 Å². The van der Waals surface area contributed by atoms with Crippen molar-refractivity contribution in [3.63, 3.8) is 0 Å². The maximum atomic E-state index is 12.5. The van der Waals surface area contributed by atoms with E-state index < -0.39 is 11.7 Å². The van der Waals surface area contributed by atoms with Crippen LogP contribution in [0.3, 0.4) is 0 Å². The van der Waals surface area contributed by atoms with Crippen molar-refractivity contribution < 1.29 is 13.2 Å². The van der Waals surface area contributed by atoms with Crippen LogP contribution in [0.25, 0.3) is 0 Å². The molecule has 0 saturated carbocycles. The molecule has 1 aromatic carbocycles. The molecule has 0 aliphatic heterocycles. The molecule has 0 radical (unpaired) electrons. The number of aryl methyl sites for hydroxylation is 2. The third kappa shape index (κ3) is 3.50. The van der Waals surface area contributed by atoms with E-state index in [0.717, 1.165) is 11.6 Å². The summed E-state index contributed by atoms with van der Waals surface area (Å²) in [6.07, 6.45) is -4.29. The molecule has 0 unspecified atom stereocenters. The Labute approximate surface area is 112 Å². The highest BCUT2D eigenvalue weighted by molar-refractivity contribution is 7.98. The number of nitrogens with one attached hydrogen (secondary N) is 1. The van der Waals surface area contributed by atoms with Crippen molar-refractivity contribution in [2.24, 2.45) is 0 Å². The zero-order valence-corrected chi connectivity index (χ0v) is 11.2. The van der Waals surface area contributed by atoms with E-state index in [9.17, 15) is 13.2 Å². The maximum Gasteiger partial charge on any atom is 0.416 e. The summed E-state index contributed by atoms with van der Waals surface area (Å²) >= 11 is 1.39. The van der Waals surface area contributed by atoms with Crippen LogP contribution in [-0.2, 0) is 11.9 Å². The molecule has 102 valence electrons. The molecule has 0 amide bonds. The lowest BCUT2D eigenvalue weighted by Crippen LogP contribution is -2.05. The van der Waals surface area contributed by atoms with Gasteiger partial charge in [0.05, 0.1) is 5.56 Å². The molecule has 2 aromatic rings. The van der Waals surface area contributed by atoms with Gasteiger partial charge in [-0.05, 0) is 37.1 Å². The maximum absolute atomic E-state index is 12.5. The number of benzene rings is 1. The van der Waals surface area contributed by atoms with Gasteiger partial charge in [-0.3, -0.25) is 5.10 Å². The molecule has 1 heterocycles. The monoisotopic (exact) mass is 287 g/mol. The van der Waals surface area contributed by atoms with Crippen LogP contribution < -0.4 is 0 Å². The number of hydrogen-bond donors (Lipinski definition) is 1. The smallest absolute Gasteiger partial charge is 0.262 e. The summed E-state index contributed by atoms with van der Waals surface area (Å²) < 4.78 is 37.6. The molecule has 0 bridgehead atoms. The van der Waals surface area contributed by atoms with Gasteiger partial charge in [-0.1, -0.05) is 17.8 Å². The van der Waals surface area contributed by atoms with Gasteiger partial charge in [0.25, 0.3) is 0 Å². The molecule has 0 spiro atoms. The third-order valence-electron chi connectivity index (χ3n) is 2.60. The molecular weight excluding hydrogens is 275 g/mol. The van der Waals surface area contributed by atoms with Gasteiger partial charge >= 0.3 is 6.18 Å². The Balaban J connectivity index is 2.09. The third-order valence-corrected chi connectivity index (χ3v) is 3.50. The minimum absolute atomic E-state index is 0.543. The minimum atomic E-state index is -4.29. The Hall–Kier alpha value is -1.50. The molecular formula is C12H12F3N3S. The molecule has 19 heavy (non-hydrogen) atoms. The van der Waals surface area contributed by atoms with Crippen molar-refractivity contribution >= 4 is 11.8 Å². The normalized spacial score (nSPS) is 11.8. The van der Waals surface area contributed by atoms with E-state index in [1.807, 2.05) is 0 Å². The highest BCUT2D eigenvalue weighted by Gasteiger charge is 2.30. The van der Waals surface area contributed by atoms with E-state index in [4.69, 9.17) is 0 Å². The average Bonchev–Trinajstić information content (AvgIpc) is 2.72. The van der Waals surface area contributed by atoms with Crippen LogP contribution in [0.4, 0.5) is 13.2 Å². The highest BCUT2D eigenvalue weighted by atomic mass is 32.2. The second-order valence-electron chi connectivity index (χ2n) is 4.13. The fourth-order valence-corrected chi connectivity index (χ4v) is 2.48. The number of H-pyrrole nitrogens is 1. The first-order chi connectivity index (χ1) is 8.86. The molecule has 0 aliphatic carbocycles. The number of thioether (sulfide) groups is 1. The summed E-state index contributed by atoms with van der Waals surface area (Å²) in [4.78, 5) is 4.13. The van der Waals surface area contributed by atoms with Crippen LogP contribution in [0.1, 0.15) is 22.5 Å². The SMILES string of the molecule is Cc1nc(SCc2ccc(C(F)(F)F)cc2C)n[nH]1. The fraction of sp³-hybridized carbons (Fsp3) is 0.333. The predicted octanol–water partition coefficient (Wildman–Crippen LogP) is 3.73. The Kier molecular flexibility index (Phi) is 3.84. The zero-order chi connectivity index (χ0) is 14.0.